The molecule has 0 radical (unpaired) electrons. The standard InChI is InChI=1S/C15H31N3O2/c1-12(19)13(7-4-6-10-18-2)11-15(20)14(17)8-3-5-9-16/h13-14,18H,3-11,16-17H2,1-2H3/t13-,14+/m1/s1. The maximum absolute atomic E-state index is 12.0. The molecule has 0 unspecified atom stereocenters. The molecule has 118 valence electrons. The number of unbranched alkanes of at least 4 members (excludes halogenated alkanes) is 2. The van der Waals surface area contributed by atoms with Gasteiger partial charge in [0.05, 0.1) is 6.04 Å². The Hall–Kier alpha value is -0.780. The molecular weight excluding hydrogens is 254 g/mol. The Kier molecular flexibility index (Phi) is 11.5. The predicted octanol–water partition coefficient (Wildman–Crippen LogP) is 0.997. The van der Waals surface area contributed by atoms with Gasteiger partial charge in [0, 0.05) is 12.3 Å². The molecule has 0 aromatic rings. The summed E-state index contributed by atoms with van der Waals surface area (Å²) in [6.07, 6.45) is 5.48. The Morgan fingerprint density at radius 1 is 1.10 bits per heavy atom. The molecule has 0 heterocycles. The van der Waals surface area contributed by atoms with E-state index in [0.717, 1.165) is 38.6 Å². The maximum atomic E-state index is 12.0. The summed E-state index contributed by atoms with van der Waals surface area (Å²) in [5, 5.41) is 3.08. The first kappa shape index (κ1) is 19.2. The molecule has 0 aliphatic rings. The predicted molar refractivity (Wildman–Crippen MR) is 82.5 cm³/mol. The van der Waals surface area contributed by atoms with Gasteiger partial charge in [0.1, 0.15) is 11.6 Å². The number of rotatable bonds is 13. The van der Waals surface area contributed by atoms with Crippen molar-refractivity contribution in [3.05, 3.63) is 0 Å². The van der Waals surface area contributed by atoms with Gasteiger partial charge in [0.2, 0.25) is 0 Å². The molecule has 5 heteroatoms. The van der Waals surface area contributed by atoms with E-state index in [1.54, 1.807) is 6.92 Å². The van der Waals surface area contributed by atoms with E-state index < -0.39 is 6.04 Å². The van der Waals surface area contributed by atoms with Crippen molar-refractivity contribution in [1.82, 2.24) is 5.32 Å². The van der Waals surface area contributed by atoms with E-state index in [9.17, 15) is 9.59 Å². The van der Waals surface area contributed by atoms with Gasteiger partial charge in [-0.05, 0) is 52.7 Å². The quantitative estimate of drug-likeness (QED) is 0.438. The number of ketones is 2. The van der Waals surface area contributed by atoms with E-state index in [0.29, 0.717) is 19.4 Å². The molecule has 0 aliphatic carbocycles. The molecule has 0 rings (SSSR count). The fourth-order valence-electron chi connectivity index (χ4n) is 2.21. The van der Waals surface area contributed by atoms with Crippen molar-refractivity contribution < 1.29 is 9.59 Å². The second-order valence-corrected chi connectivity index (χ2v) is 5.47. The van der Waals surface area contributed by atoms with Crippen LogP contribution in [0.2, 0.25) is 0 Å². The summed E-state index contributed by atoms with van der Waals surface area (Å²) >= 11 is 0. The third kappa shape index (κ3) is 9.18. The van der Waals surface area contributed by atoms with Gasteiger partial charge >= 0.3 is 0 Å². The average molecular weight is 285 g/mol. The number of hydrogen-bond acceptors (Lipinski definition) is 5. The first-order chi connectivity index (χ1) is 9.52. The van der Waals surface area contributed by atoms with Crippen molar-refractivity contribution in [2.24, 2.45) is 17.4 Å². The molecule has 0 aromatic carbocycles. The molecule has 5 nitrogen and oxygen atoms in total. The summed E-state index contributed by atoms with van der Waals surface area (Å²) < 4.78 is 0. The summed E-state index contributed by atoms with van der Waals surface area (Å²) in [5.41, 5.74) is 11.3. The van der Waals surface area contributed by atoms with Gasteiger partial charge in [-0.2, -0.15) is 0 Å². The molecule has 0 saturated carbocycles. The van der Waals surface area contributed by atoms with Crippen molar-refractivity contribution in [2.75, 3.05) is 20.1 Å². The zero-order chi connectivity index (χ0) is 15.4. The first-order valence-corrected chi connectivity index (χ1v) is 7.66. The van der Waals surface area contributed by atoms with Gasteiger partial charge < -0.3 is 16.8 Å². The molecule has 0 aliphatic heterocycles. The van der Waals surface area contributed by atoms with Crippen LogP contribution in [0.4, 0.5) is 0 Å². The topological polar surface area (TPSA) is 98.2 Å². The minimum absolute atomic E-state index is 0.0100. The van der Waals surface area contributed by atoms with Crippen LogP contribution in [0.1, 0.15) is 51.9 Å². The number of hydrogen-bond donors (Lipinski definition) is 3. The third-order valence-electron chi connectivity index (χ3n) is 3.63. The van der Waals surface area contributed by atoms with Crippen LogP contribution < -0.4 is 16.8 Å². The monoisotopic (exact) mass is 285 g/mol. The number of carbonyl (C=O) groups excluding carboxylic acids is 2. The molecular formula is C15H31N3O2. The second kappa shape index (κ2) is 12.0. The Morgan fingerprint density at radius 2 is 1.75 bits per heavy atom. The highest BCUT2D eigenvalue weighted by molar-refractivity contribution is 5.89. The number of Topliss-reactive ketones (excluding diaryl/α,β-unsaturated/α-hetero) is 2. The van der Waals surface area contributed by atoms with Crippen LogP contribution in [-0.2, 0) is 9.59 Å². The van der Waals surface area contributed by atoms with Crippen molar-refractivity contribution in [3.8, 4) is 0 Å². The van der Waals surface area contributed by atoms with E-state index in [1.165, 1.54) is 0 Å². The van der Waals surface area contributed by atoms with E-state index in [1.807, 2.05) is 7.05 Å². The summed E-state index contributed by atoms with van der Waals surface area (Å²) in [5.74, 6) is -0.0623. The van der Waals surface area contributed by atoms with Crippen molar-refractivity contribution >= 4 is 11.6 Å². The molecule has 5 N–H and O–H groups in total. The first-order valence-electron chi connectivity index (χ1n) is 7.66. The molecule has 2 atom stereocenters. The van der Waals surface area contributed by atoms with E-state index >= 15 is 0 Å². The fourth-order valence-corrected chi connectivity index (χ4v) is 2.21. The SMILES string of the molecule is CNCCCC[C@H](CC(=O)[C@@H](N)CCCCN)C(C)=O. The smallest absolute Gasteiger partial charge is 0.150 e. The molecule has 0 bridgehead atoms. The van der Waals surface area contributed by atoms with Gasteiger partial charge in [-0.15, -0.1) is 0 Å². The maximum Gasteiger partial charge on any atom is 0.150 e. The fraction of sp³-hybridized carbons (Fsp3) is 0.867. The van der Waals surface area contributed by atoms with E-state index in [4.69, 9.17) is 11.5 Å². The van der Waals surface area contributed by atoms with Crippen LogP contribution >= 0.6 is 0 Å². The second-order valence-electron chi connectivity index (χ2n) is 5.47. The van der Waals surface area contributed by atoms with Gasteiger partial charge in [-0.1, -0.05) is 12.8 Å². The van der Waals surface area contributed by atoms with Crippen molar-refractivity contribution in [2.45, 2.75) is 57.9 Å². The van der Waals surface area contributed by atoms with Crippen molar-refractivity contribution in [1.29, 1.82) is 0 Å². The van der Waals surface area contributed by atoms with Crippen LogP contribution in [-0.4, -0.2) is 37.7 Å². The lowest BCUT2D eigenvalue weighted by Gasteiger charge is -2.16. The lowest BCUT2D eigenvalue weighted by atomic mass is 9.90. The molecule has 0 fully saturated rings. The summed E-state index contributed by atoms with van der Waals surface area (Å²) in [6.45, 7) is 3.13. The molecule has 0 spiro atoms. The Balaban J connectivity index is 4.09. The lowest BCUT2D eigenvalue weighted by molar-refractivity contribution is -0.127. The average Bonchev–Trinajstić information content (AvgIpc) is 2.41. The molecule has 0 aromatic heterocycles. The van der Waals surface area contributed by atoms with Gasteiger partial charge in [-0.25, -0.2) is 0 Å². The van der Waals surface area contributed by atoms with Gasteiger partial charge in [0.15, 0.2) is 0 Å². The number of nitrogens with two attached hydrogens (primary N) is 2. The molecule has 0 saturated heterocycles. The number of nitrogens with one attached hydrogen (secondary N) is 1. The van der Waals surface area contributed by atoms with E-state index in [2.05, 4.69) is 5.32 Å². The largest absolute Gasteiger partial charge is 0.330 e. The summed E-state index contributed by atoms with van der Waals surface area (Å²) in [6, 6.07) is -0.444. The third-order valence-corrected chi connectivity index (χ3v) is 3.63. The zero-order valence-corrected chi connectivity index (χ0v) is 13.0. The van der Waals surface area contributed by atoms with Crippen LogP contribution in [0.5, 0.6) is 0 Å². The lowest BCUT2D eigenvalue weighted by Crippen LogP contribution is -2.33. The molecule has 20 heavy (non-hydrogen) atoms. The van der Waals surface area contributed by atoms with Crippen LogP contribution in [0, 0.1) is 5.92 Å². The Morgan fingerprint density at radius 3 is 2.30 bits per heavy atom. The highest BCUT2D eigenvalue weighted by Crippen LogP contribution is 2.16. The van der Waals surface area contributed by atoms with Crippen LogP contribution in [0.25, 0.3) is 0 Å². The van der Waals surface area contributed by atoms with Gasteiger partial charge in [0.25, 0.3) is 0 Å². The Labute approximate surface area is 122 Å². The molecule has 0 amide bonds. The van der Waals surface area contributed by atoms with Gasteiger partial charge in [-0.3, -0.25) is 9.59 Å². The van der Waals surface area contributed by atoms with Crippen LogP contribution in [0.15, 0.2) is 0 Å². The minimum Gasteiger partial charge on any atom is -0.330 e. The summed E-state index contributed by atoms with van der Waals surface area (Å²) in [7, 11) is 1.91. The van der Waals surface area contributed by atoms with Crippen molar-refractivity contribution in [3.63, 3.8) is 0 Å². The highest BCUT2D eigenvalue weighted by Gasteiger charge is 2.21. The summed E-state index contributed by atoms with van der Waals surface area (Å²) in [4.78, 5) is 23.6. The van der Waals surface area contributed by atoms with Crippen LogP contribution in [0.3, 0.4) is 0 Å². The highest BCUT2D eigenvalue weighted by atomic mass is 16.1. The Bertz CT molecular complexity index is 282. The normalized spacial score (nSPS) is 14.0. The zero-order valence-electron chi connectivity index (χ0n) is 13.0. The number of carbonyl (C=O) groups is 2. The van der Waals surface area contributed by atoms with E-state index in [-0.39, 0.29) is 17.5 Å². The minimum atomic E-state index is -0.444.